The van der Waals surface area contributed by atoms with Gasteiger partial charge in [0.15, 0.2) is 39.0 Å². The van der Waals surface area contributed by atoms with Crippen molar-refractivity contribution in [3.63, 3.8) is 0 Å². The van der Waals surface area contributed by atoms with Crippen molar-refractivity contribution in [1.29, 1.82) is 0 Å². The standard InChI is InChI=1S/C16H26O10Si/c1-8(17)22-11-12(23-9(2)18)14(24-10(3)19)16(26-27(5,6)7)25-13(11)15(20)21-4/h11-14,16H,1-7H3/t11-,12-,13-,14+,16+/m0/s1. The van der Waals surface area contributed by atoms with Gasteiger partial charge in [0.05, 0.1) is 7.11 Å². The number of ether oxygens (including phenoxy) is 5. The molecule has 0 aliphatic carbocycles. The van der Waals surface area contributed by atoms with E-state index in [0.717, 1.165) is 27.9 Å². The number of hydrogen-bond acceptors (Lipinski definition) is 10. The van der Waals surface area contributed by atoms with Gasteiger partial charge in [-0.1, -0.05) is 0 Å². The molecule has 1 aliphatic heterocycles. The minimum atomic E-state index is -2.25. The van der Waals surface area contributed by atoms with E-state index in [-0.39, 0.29) is 0 Å². The van der Waals surface area contributed by atoms with E-state index in [2.05, 4.69) is 0 Å². The largest absolute Gasteiger partial charge is 0.467 e. The Morgan fingerprint density at radius 1 is 0.778 bits per heavy atom. The highest BCUT2D eigenvalue weighted by Gasteiger charge is 2.55. The molecule has 1 fully saturated rings. The summed E-state index contributed by atoms with van der Waals surface area (Å²) in [7, 11) is -1.12. The second kappa shape index (κ2) is 9.29. The van der Waals surface area contributed by atoms with E-state index in [1.807, 2.05) is 19.6 Å². The van der Waals surface area contributed by atoms with Crippen LogP contribution >= 0.6 is 0 Å². The van der Waals surface area contributed by atoms with E-state index < -0.39 is 62.9 Å². The van der Waals surface area contributed by atoms with Crippen molar-refractivity contribution in [2.45, 2.75) is 71.1 Å². The lowest BCUT2D eigenvalue weighted by Gasteiger charge is -2.44. The number of hydrogen-bond donors (Lipinski definition) is 0. The Morgan fingerprint density at radius 2 is 1.22 bits per heavy atom. The van der Waals surface area contributed by atoms with Gasteiger partial charge in [0.25, 0.3) is 0 Å². The molecule has 5 atom stereocenters. The van der Waals surface area contributed by atoms with Gasteiger partial charge in [-0.15, -0.1) is 0 Å². The number of methoxy groups -OCH3 is 1. The highest BCUT2D eigenvalue weighted by atomic mass is 28.4. The minimum absolute atomic E-state index is 0.692. The molecule has 1 aliphatic rings. The zero-order valence-corrected chi connectivity index (χ0v) is 17.5. The molecule has 0 bridgehead atoms. The SMILES string of the molecule is COC(=O)[C@H]1O[C@H](O[Si](C)(C)C)[C@H](OC(C)=O)[C@@H](OC(C)=O)[C@@H]1OC(C)=O. The molecule has 1 rings (SSSR count). The molecule has 0 aromatic carbocycles. The molecule has 0 aromatic heterocycles. The van der Waals surface area contributed by atoms with Crippen molar-refractivity contribution >= 4 is 32.2 Å². The molecule has 11 heteroatoms. The topological polar surface area (TPSA) is 124 Å². The highest BCUT2D eigenvalue weighted by Crippen LogP contribution is 2.31. The van der Waals surface area contributed by atoms with Crippen LogP contribution in [-0.4, -0.2) is 70.0 Å². The van der Waals surface area contributed by atoms with Crippen molar-refractivity contribution in [2.24, 2.45) is 0 Å². The monoisotopic (exact) mass is 406 g/mol. The zero-order chi connectivity index (χ0) is 20.9. The van der Waals surface area contributed by atoms with Gasteiger partial charge < -0.3 is 28.1 Å². The van der Waals surface area contributed by atoms with Crippen LogP contribution in [0.4, 0.5) is 0 Å². The van der Waals surface area contributed by atoms with Gasteiger partial charge in [0.1, 0.15) is 0 Å². The molecular formula is C16H26O10Si. The summed E-state index contributed by atoms with van der Waals surface area (Å²) in [6.45, 7) is 8.97. The molecule has 154 valence electrons. The van der Waals surface area contributed by atoms with E-state index >= 15 is 0 Å². The number of rotatable bonds is 6. The fourth-order valence-corrected chi connectivity index (χ4v) is 3.41. The fourth-order valence-electron chi connectivity index (χ4n) is 2.52. The van der Waals surface area contributed by atoms with E-state index in [9.17, 15) is 19.2 Å². The van der Waals surface area contributed by atoms with Crippen LogP contribution in [0.5, 0.6) is 0 Å². The number of carbonyl (C=O) groups is 4. The van der Waals surface area contributed by atoms with Crippen LogP contribution in [-0.2, 0) is 47.3 Å². The average molecular weight is 406 g/mol. The molecule has 10 nitrogen and oxygen atoms in total. The van der Waals surface area contributed by atoms with Gasteiger partial charge in [-0.05, 0) is 19.6 Å². The van der Waals surface area contributed by atoms with Gasteiger partial charge >= 0.3 is 23.9 Å². The van der Waals surface area contributed by atoms with Gasteiger partial charge in [0, 0.05) is 20.8 Å². The van der Waals surface area contributed by atoms with Crippen molar-refractivity contribution in [1.82, 2.24) is 0 Å². The van der Waals surface area contributed by atoms with Gasteiger partial charge in [0.2, 0.25) is 0 Å². The summed E-state index contributed by atoms with van der Waals surface area (Å²) >= 11 is 0. The Kier molecular flexibility index (Phi) is 7.93. The fraction of sp³-hybridized carbons (Fsp3) is 0.750. The van der Waals surface area contributed by atoms with E-state index in [4.69, 9.17) is 28.1 Å². The summed E-state index contributed by atoms with van der Waals surface area (Å²) < 4.78 is 31.9. The maximum Gasteiger partial charge on any atom is 0.339 e. The minimum Gasteiger partial charge on any atom is -0.467 e. The highest BCUT2D eigenvalue weighted by molar-refractivity contribution is 6.69. The van der Waals surface area contributed by atoms with Crippen LogP contribution in [0.15, 0.2) is 0 Å². The van der Waals surface area contributed by atoms with Crippen LogP contribution in [0.25, 0.3) is 0 Å². The van der Waals surface area contributed by atoms with Crippen molar-refractivity contribution in [2.75, 3.05) is 7.11 Å². The molecule has 0 aromatic rings. The molecule has 0 radical (unpaired) electrons. The Bertz CT molecular complexity index is 584. The molecule has 0 saturated carbocycles. The second-order valence-electron chi connectivity index (χ2n) is 6.90. The first-order chi connectivity index (χ1) is 12.4. The quantitative estimate of drug-likeness (QED) is 0.350. The molecule has 1 saturated heterocycles. The maximum absolute atomic E-state index is 12.2. The third-order valence-electron chi connectivity index (χ3n) is 3.30. The lowest BCUT2D eigenvalue weighted by atomic mass is 9.98. The van der Waals surface area contributed by atoms with E-state index in [1.165, 1.54) is 0 Å². The predicted octanol–water partition coefficient (Wildman–Crippen LogP) is 0.531. The Labute approximate surface area is 158 Å². The van der Waals surface area contributed by atoms with Crippen molar-refractivity contribution < 1.29 is 47.3 Å². The predicted molar refractivity (Wildman–Crippen MR) is 91.8 cm³/mol. The molecule has 27 heavy (non-hydrogen) atoms. The van der Waals surface area contributed by atoms with Crippen LogP contribution in [0.3, 0.4) is 0 Å². The van der Waals surface area contributed by atoms with Crippen molar-refractivity contribution in [3.8, 4) is 0 Å². The first kappa shape index (κ1) is 23.1. The van der Waals surface area contributed by atoms with Gasteiger partial charge in [-0.25, -0.2) is 4.79 Å². The lowest BCUT2D eigenvalue weighted by molar-refractivity contribution is -0.284. The Balaban J connectivity index is 3.40. The van der Waals surface area contributed by atoms with Crippen LogP contribution in [0.2, 0.25) is 19.6 Å². The van der Waals surface area contributed by atoms with Crippen LogP contribution in [0, 0.1) is 0 Å². The molecule has 1 heterocycles. The molecule has 0 amide bonds. The molecule has 0 N–H and O–H groups in total. The van der Waals surface area contributed by atoms with Crippen LogP contribution in [0.1, 0.15) is 20.8 Å². The smallest absolute Gasteiger partial charge is 0.339 e. The third kappa shape index (κ3) is 6.92. The summed E-state index contributed by atoms with van der Waals surface area (Å²) in [5.74, 6) is -3.03. The van der Waals surface area contributed by atoms with Crippen molar-refractivity contribution in [3.05, 3.63) is 0 Å². The summed E-state index contributed by atoms with van der Waals surface area (Å²) in [6.07, 6.45) is -6.61. The first-order valence-electron chi connectivity index (χ1n) is 8.28. The summed E-state index contributed by atoms with van der Waals surface area (Å²) in [6, 6.07) is 0. The zero-order valence-electron chi connectivity index (χ0n) is 16.5. The Morgan fingerprint density at radius 3 is 1.63 bits per heavy atom. The molecular weight excluding hydrogens is 380 g/mol. The van der Waals surface area contributed by atoms with E-state index in [0.29, 0.717) is 0 Å². The van der Waals surface area contributed by atoms with Gasteiger partial charge in [-0.2, -0.15) is 0 Å². The van der Waals surface area contributed by atoms with E-state index in [1.54, 1.807) is 0 Å². The third-order valence-corrected chi connectivity index (χ3v) is 4.24. The summed E-state index contributed by atoms with van der Waals surface area (Å²) in [5, 5.41) is 0. The number of carbonyl (C=O) groups excluding carboxylic acids is 4. The van der Waals surface area contributed by atoms with Gasteiger partial charge in [-0.3, -0.25) is 14.4 Å². The summed E-state index contributed by atoms with van der Waals surface area (Å²) in [5.41, 5.74) is 0. The average Bonchev–Trinajstić information content (AvgIpc) is 2.49. The maximum atomic E-state index is 12.2. The molecule has 0 spiro atoms. The second-order valence-corrected chi connectivity index (χ2v) is 11.4. The summed E-state index contributed by atoms with van der Waals surface area (Å²) in [4.78, 5) is 46.9. The van der Waals surface area contributed by atoms with Crippen LogP contribution < -0.4 is 0 Å². The number of esters is 4. The lowest BCUT2D eigenvalue weighted by Crippen LogP contribution is -2.64. The normalized spacial score (nSPS) is 28.0. The molecule has 0 unspecified atom stereocenters. The first-order valence-corrected chi connectivity index (χ1v) is 11.7. The Hall–Kier alpha value is -1.98.